The molecule has 0 bridgehead atoms. The van der Waals surface area contributed by atoms with E-state index >= 15 is 0 Å². The fourth-order valence-corrected chi connectivity index (χ4v) is 7.04. The van der Waals surface area contributed by atoms with Gasteiger partial charge in [-0.1, -0.05) is 140 Å². The van der Waals surface area contributed by atoms with E-state index < -0.39 is 0 Å². The minimum absolute atomic E-state index is 0.189. The second-order valence-electron chi connectivity index (χ2n) is 10.3. The van der Waals surface area contributed by atoms with E-state index in [9.17, 15) is 0 Å². The van der Waals surface area contributed by atoms with Crippen molar-refractivity contribution in [1.82, 2.24) is 9.55 Å². The van der Waals surface area contributed by atoms with Gasteiger partial charge in [0.15, 0.2) is 0 Å². The van der Waals surface area contributed by atoms with Crippen LogP contribution in [0.2, 0.25) is 6.04 Å². The third-order valence-electron chi connectivity index (χ3n) is 7.37. The van der Waals surface area contributed by atoms with E-state index in [4.69, 9.17) is 4.98 Å². The van der Waals surface area contributed by atoms with Gasteiger partial charge in [-0.2, -0.15) is 0 Å². The summed E-state index contributed by atoms with van der Waals surface area (Å²) in [4.78, 5) is 4.75. The standard InChI is InChI=1S/C35H36BN2Si/c1-28(22-23-33(29-14-6-2-7-15-29)30-16-8-3-9-17-30)26-39-27-38-25-24-37-35(38)36-34(31-18-10-4-11-19-31)32-20-12-5-13-21-32/h2-21,23-25,28,34H,22,26-27,39H2,1H3. The number of allylic oxidation sites excluding steroid dienone is 1. The number of hydrogen-bond donors (Lipinski definition) is 0. The highest BCUT2D eigenvalue weighted by Crippen LogP contribution is 2.26. The highest BCUT2D eigenvalue weighted by molar-refractivity contribution is 6.54. The van der Waals surface area contributed by atoms with Gasteiger partial charge in [0.2, 0.25) is 7.28 Å². The van der Waals surface area contributed by atoms with Crippen LogP contribution in [-0.4, -0.2) is 26.4 Å². The molecule has 0 amide bonds. The van der Waals surface area contributed by atoms with Crippen molar-refractivity contribution in [3.63, 3.8) is 0 Å². The Morgan fingerprint density at radius 1 is 0.769 bits per heavy atom. The molecule has 0 saturated heterocycles. The Hall–Kier alpha value is -3.89. The fraction of sp³-hybridized carbons (Fsp3) is 0.171. The molecule has 1 atom stereocenters. The van der Waals surface area contributed by atoms with Gasteiger partial charge in [-0.15, -0.1) is 0 Å². The van der Waals surface area contributed by atoms with Crippen molar-refractivity contribution in [2.45, 2.75) is 31.4 Å². The van der Waals surface area contributed by atoms with Crippen LogP contribution in [0, 0.1) is 5.92 Å². The molecule has 0 fully saturated rings. The maximum Gasteiger partial charge on any atom is 0.215 e. The van der Waals surface area contributed by atoms with Crippen molar-refractivity contribution in [2.24, 2.45) is 5.92 Å². The van der Waals surface area contributed by atoms with Gasteiger partial charge < -0.3 is 4.57 Å². The summed E-state index contributed by atoms with van der Waals surface area (Å²) in [6.45, 7) is 2.40. The summed E-state index contributed by atoms with van der Waals surface area (Å²) in [5.74, 6) is 0.852. The van der Waals surface area contributed by atoms with E-state index in [1.807, 2.05) is 6.20 Å². The summed E-state index contributed by atoms with van der Waals surface area (Å²) < 4.78 is 2.37. The van der Waals surface area contributed by atoms with Crippen molar-refractivity contribution in [1.29, 1.82) is 0 Å². The molecule has 4 aromatic carbocycles. The molecule has 0 N–H and O–H groups in total. The van der Waals surface area contributed by atoms with Crippen LogP contribution in [0.1, 0.15) is 41.4 Å². The summed E-state index contributed by atoms with van der Waals surface area (Å²) in [7, 11) is 2.05. The van der Waals surface area contributed by atoms with Crippen LogP contribution >= 0.6 is 0 Å². The topological polar surface area (TPSA) is 17.8 Å². The first-order valence-corrected chi connectivity index (χ1v) is 16.0. The molecule has 1 aromatic heterocycles. The Kier molecular flexibility index (Phi) is 9.43. The lowest BCUT2D eigenvalue weighted by Gasteiger charge is -2.18. The molecule has 0 aliphatic rings. The Bertz CT molecular complexity index is 1350. The SMILES string of the molecule is CC(CC=C(c1ccccc1)c1ccccc1)C[SiH2]Cn1ccnc1[B]C(c1ccccc1)c1ccccc1. The Balaban J connectivity index is 1.22. The Morgan fingerprint density at radius 2 is 1.28 bits per heavy atom. The lowest BCUT2D eigenvalue weighted by molar-refractivity contribution is 0.655. The highest BCUT2D eigenvalue weighted by Gasteiger charge is 2.19. The zero-order valence-corrected chi connectivity index (χ0v) is 24.1. The quantitative estimate of drug-likeness (QED) is 0.166. The van der Waals surface area contributed by atoms with Crippen molar-refractivity contribution in [3.8, 4) is 0 Å². The molecule has 1 unspecified atom stereocenters. The van der Waals surface area contributed by atoms with Gasteiger partial charge >= 0.3 is 0 Å². The fourth-order valence-electron chi connectivity index (χ4n) is 5.21. The molecule has 2 nitrogen and oxygen atoms in total. The van der Waals surface area contributed by atoms with Crippen molar-refractivity contribution in [2.75, 3.05) is 0 Å². The molecule has 5 aromatic rings. The van der Waals surface area contributed by atoms with E-state index in [0.29, 0.717) is 5.92 Å². The smallest absolute Gasteiger partial charge is 0.215 e. The molecular weight excluding hydrogens is 487 g/mol. The molecular formula is C35H36BN2Si. The zero-order chi connectivity index (χ0) is 26.7. The van der Waals surface area contributed by atoms with Gasteiger partial charge in [0.25, 0.3) is 0 Å². The maximum atomic E-state index is 4.75. The van der Waals surface area contributed by atoms with Crippen LogP contribution < -0.4 is 5.72 Å². The first-order chi connectivity index (χ1) is 19.3. The van der Waals surface area contributed by atoms with Crippen LogP contribution in [0.4, 0.5) is 0 Å². The second-order valence-corrected chi connectivity index (χ2v) is 12.0. The summed E-state index contributed by atoms with van der Waals surface area (Å²) in [6, 6.07) is 44.4. The van der Waals surface area contributed by atoms with Crippen molar-refractivity contribution >= 4 is 28.1 Å². The maximum absolute atomic E-state index is 4.75. The third kappa shape index (κ3) is 7.36. The number of rotatable bonds is 12. The van der Waals surface area contributed by atoms with Gasteiger partial charge in [-0.3, -0.25) is 4.98 Å². The number of nitrogens with zero attached hydrogens (tertiary/aromatic N) is 2. The van der Waals surface area contributed by atoms with Crippen LogP contribution in [0.25, 0.3) is 5.57 Å². The van der Waals surface area contributed by atoms with E-state index in [0.717, 1.165) is 18.3 Å². The van der Waals surface area contributed by atoms with Gasteiger partial charge in [-0.05, 0) is 46.0 Å². The summed E-state index contributed by atoms with van der Waals surface area (Å²) >= 11 is 0. The van der Waals surface area contributed by atoms with Crippen LogP contribution in [0.5, 0.6) is 0 Å². The summed E-state index contributed by atoms with van der Waals surface area (Å²) in [5, 5.41) is 0. The number of hydrogen-bond acceptors (Lipinski definition) is 1. The third-order valence-corrected chi connectivity index (χ3v) is 9.56. The Labute approximate surface area is 236 Å². The van der Waals surface area contributed by atoms with E-state index in [1.54, 1.807) is 0 Å². The molecule has 5 rings (SSSR count). The highest BCUT2D eigenvalue weighted by atomic mass is 28.2. The normalized spacial score (nSPS) is 12.1. The monoisotopic (exact) mass is 523 g/mol. The molecule has 1 heterocycles. The van der Waals surface area contributed by atoms with Crippen LogP contribution in [0.3, 0.4) is 0 Å². The number of benzene rings is 4. The summed E-state index contributed by atoms with van der Waals surface area (Å²) in [5.41, 5.74) is 7.58. The largest absolute Gasteiger partial charge is 0.347 e. The first kappa shape index (κ1) is 26.7. The molecule has 0 saturated carbocycles. The van der Waals surface area contributed by atoms with Crippen LogP contribution in [0.15, 0.2) is 140 Å². The predicted molar refractivity (Wildman–Crippen MR) is 169 cm³/mol. The average molecular weight is 524 g/mol. The second kappa shape index (κ2) is 13.8. The van der Waals surface area contributed by atoms with E-state index in [1.165, 1.54) is 33.9 Å². The average Bonchev–Trinajstić information content (AvgIpc) is 3.45. The molecule has 0 aliphatic carbocycles. The lowest BCUT2D eigenvalue weighted by Crippen LogP contribution is -2.32. The first-order valence-electron chi connectivity index (χ1n) is 14.0. The Morgan fingerprint density at radius 3 is 1.82 bits per heavy atom. The molecule has 0 spiro atoms. The molecule has 193 valence electrons. The minimum atomic E-state index is -0.283. The minimum Gasteiger partial charge on any atom is -0.347 e. The number of aromatic nitrogens is 2. The van der Waals surface area contributed by atoms with Gasteiger partial charge in [-0.25, -0.2) is 0 Å². The van der Waals surface area contributed by atoms with E-state index in [-0.39, 0.29) is 15.3 Å². The zero-order valence-electron chi connectivity index (χ0n) is 22.7. The summed E-state index contributed by atoms with van der Waals surface area (Å²) in [6.07, 6.45) is 8.76. The van der Waals surface area contributed by atoms with Crippen molar-refractivity contribution in [3.05, 3.63) is 162 Å². The number of imidazole rings is 1. The molecule has 4 heteroatoms. The van der Waals surface area contributed by atoms with Gasteiger partial charge in [0, 0.05) is 28.1 Å². The van der Waals surface area contributed by atoms with Gasteiger partial charge in [0.1, 0.15) is 0 Å². The molecule has 39 heavy (non-hydrogen) atoms. The molecule has 1 radical (unpaired) electrons. The van der Waals surface area contributed by atoms with Crippen LogP contribution in [-0.2, 0) is 6.17 Å². The van der Waals surface area contributed by atoms with E-state index in [2.05, 4.69) is 152 Å². The predicted octanol–water partition coefficient (Wildman–Crippen LogP) is 6.70. The van der Waals surface area contributed by atoms with Gasteiger partial charge in [0.05, 0.1) is 5.72 Å². The van der Waals surface area contributed by atoms with Crippen molar-refractivity contribution < 1.29 is 0 Å². The lowest BCUT2D eigenvalue weighted by atomic mass is 9.58. The molecule has 0 aliphatic heterocycles.